The van der Waals surface area contributed by atoms with Gasteiger partial charge in [0.05, 0.1) is 11.8 Å². The molecule has 0 spiro atoms. The minimum atomic E-state index is -0.319. The van der Waals surface area contributed by atoms with Crippen LogP contribution in [-0.4, -0.2) is 17.8 Å². The molecule has 0 saturated carbocycles. The molecule has 5 heteroatoms. The first-order valence-electron chi connectivity index (χ1n) is 8.91. The molecule has 3 aromatic carbocycles. The van der Waals surface area contributed by atoms with E-state index < -0.39 is 0 Å². The number of anilines is 1. The number of carbonyl (C=O) groups is 2. The third kappa shape index (κ3) is 4.78. The highest BCUT2D eigenvalue weighted by molar-refractivity contribution is 6.31. The lowest BCUT2D eigenvalue weighted by atomic mass is 10.0. The molecule has 0 bridgehead atoms. The number of ketones is 1. The van der Waals surface area contributed by atoms with Crippen molar-refractivity contribution in [3.8, 4) is 5.75 Å². The number of nitrogens with one attached hydrogen (secondary N) is 1. The zero-order valence-electron chi connectivity index (χ0n) is 15.6. The molecule has 0 radical (unpaired) electrons. The lowest BCUT2D eigenvalue weighted by Gasteiger charge is -2.12. The third-order valence-electron chi connectivity index (χ3n) is 4.00. The lowest BCUT2D eigenvalue weighted by molar-refractivity contribution is 0.102. The SMILES string of the molecule is CC(C)Oc1ccc(C(=O)Nc2ccc(Cl)cc2C(=O)c2ccccc2)cc1. The Hall–Kier alpha value is -3.11. The van der Waals surface area contributed by atoms with Crippen LogP contribution in [0.25, 0.3) is 0 Å². The summed E-state index contributed by atoms with van der Waals surface area (Å²) in [6, 6.07) is 20.5. The summed E-state index contributed by atoms with van der Waals surface area (Å²) < 4.78 is 5.59. The molecule has 3 rings (SSSR count). The molecule has 28 heavy (non-hydrogen) atoms. The second kappa shape index (κ2) is 8.72. The van der Waals surface area contributed by atoms with Gasteiger partial charge in [-0.15, -0.1) is 0 Å². The lowest BCUT2D eigenvalue weighted by Crippen LogP contribution is -2.15. The summed E-state index contributed by atoms with van der Waals surface area (Å²) in [6.45, 7) is 3.87. The molecule has 142 valence electrons. The summed E-state index contributed by atoms with van der Waals surface area (Å²) in [5.74, 6) is 0.164. The van der Waals surface area contributed by atoms with Crippen molar-refractivity contribution in [1.29, 1.82) is 0 Å². The van der Waals surface area contributed by atoms with Crippen LogP contribution in [0.4, 0.5) is 5.69 Å². The Balaban J connectivity index is 1.84. The minimum absolute atomic E-state index is 0.0558. The fourth-order valence-corrected chi connectivity index (χ4v) is 2.88. The first-order valence-corrected chi connectivity index (χ1v) is 9.29. The van der Waals surface area contributed by atoms with Crippen molar-refractivity contribution in [2.24, 2.45) is 0 Å². The van der Waals surface area contributed by atoms with Gasteiger partial charge in [0.1, 0.15) is 5.75 Å². The summed E-state index contributed by atoms with van der Waals surface area (Å²) >= 11 is 6.08. The monoisotopic (exact) mass is 393 g/mol. The molecule has 0 aliphatic heterocycles. The van der Waals surface area contributed by atoms with E-state index in [2.05, 4.69) is 5.32 Å². The van der Waals surface area contributed by atoms with Crippen molar-refractivity contribution in [1.82, 2.24) is 0 Å². The molecular formula is C23H20ClNO3. The van der Waals surface area contributed by atoms with Crippen LogP contribution >= 0.6 is 11.6 Å². The molecular weight excluding hydrogens is 374 g/mol. The van der Waals surface area contributed by atoms with Crippen LogP contribution in [0.2, 0.25) is 5.02 Å². The first-order chi connectivity index (χ1) is 13.4. The van der Waals surface area contributed by atoms with Crippen LogP contribution in [0.15, 0.2) is 72.8 Å². The van der Waals surface area contributed by atoms with E-state index >= 15 is 0 Å². The number of carbonyl (C=O) groups excluding carboxylic acids is 2. The summed E-state index contributed by atoms with van der Waals surface area (Å²) in [4.78, 5) is 25.5. The zero-order chi connectivity index (χ0) is 20.1. The Labute approximate surface area is 169 Å². The summed E-state index contributed by atoms with van der Waals surface area (Å²) in [6.07, 6.45) is 0.0558. The number of amides is 1. The molecule has 0 atom stereocenters. The van der Waals surface area contributed by atoms with Crippen LogP contribution in [0.1, 0.15) is 40.1 Å². The number of benzene rings is 3. The third-order valence-corrected chi connectivity index (χ3v) is 4.23. The van der Waals surface area contributed by atoms with Crippen LogP contribution in [0, 0.1) is 0 Å². The number of rotatable bonds is 6. The Kier molecular flexibility index (Phi) is 6.12. The molecule has 1 amide bonds. The van der Waals surface area contributed by atoms with Gasteiger partial charge in [0.2, 0.25) is 0 Å². The van der Waals surface area contributed by atoms with E-state index in [0.29, 0.717) is 33.1 Å². The molecule has 0 fully saturated rings. The van der Waals surface area contributed by atoms with Gasteiger partial charge in [0, 0.05) is 21.7 Å². The fraction of sp³-hybridized carbons (Fsp3) is 0.130. The largest absolute Gasteiger partial charge is 0.491 e. The number of ether oxygens (including phenoxy) is 1. The smallest absolute Gasteiger partial charge is 0.255 e. The van der Waals surface area contributed by atoms with Crippen LogP contribution in [0.3, 0.4) is 0 Å². The Bertz CT molecular complexity index is 982. The van der Waals surface area contributed by atoms with E-state index in [9.17, 15) is 9.59 Å². The highest BCUT2D eigenvalue weighted by atomic mass is 35.5. The molecule has 1 N–H and O–H groups in total. The number of hydrogen-bond acceptors (Lipinski definition) is 3. The van der Waals surface area contributed by atoms with Gasteiger partial charge in [-0.1, -0.05) is 41.9 Å². The maximum atomic E-state index is 12.9. The van der Waals surface area contributed by atoms with Crippen molar-refractivity contribution >= 4 is 29.0 Å². The van der Waals surface area contributed by atoms with Gasteiger partial charge < -0.3 is 10.1 Å². The maximum Gasteiger partial charge on any atom is 0.255 e. The van der Waals surface area contributed by atoms with Gasteiger partial charge in [-0.2, -0.15) is 0 Å². The van der Waals surface area contributed by atoms with Crippen molar-refractivity contribution < 1.29 is 14.3 Å². The average molecular weight is 394 g/mol. The van der Waals surface area contributed by atoms with Gasteiger partial charge in [-0.05, 0) is 56.3 Å². The summed E-state index contributed by atoms with van der Waals surface area (Å²) in [7, 11) is 0. The Morgan fingerprint density at radius 3 is 2.21 bits per heavy atom. The van der Waals surface area contributed by atoms with E-state index in [1.165, 1.54) is 0 Å². The molecule has 0 aromatic heterocycles. The van der Waals surface area contributed by atoms with Crippen molar-refractivity contribution in [3.05, 3.63) is 94.5 Å². The second-order valence-corrected chi connectivity index (χ2v) is 6.97. The van der Waals surface area contributed by atoms with Crippen LogP contribution in [-0.2, 0) is 0 Å². The highest BCUT2D eigenvalue weighted by Crippen LogP contribution is 2.24. The van der Waals surface area contributed by atoms with E-state index in [1.807, 2.05) is 19.9 Å². The normalized spacial score (nSPS) is 10.6. The molecule has 4 nitrogen and oxygen atoms in total. The van der Waals surface area contributed by atoms with Gasteiger partial charge in [0.25, 0.3) is 5.91 Å². The fourth-order valence-electron chi connectivity index (χ4n) is 2.71. The quantitative estimate of drug-likeness (QED) is 0.554. The zero-order valence-corrected chi connectivity index (χ0v) is 16.4. The summed E-state index contributed by atoms with van der Waals surface area (Å²) in [5, 5.41) is 3.23. The predicted octanol–water partition coefficient (Wildman–Crippen LogP) is 5.61. The Morgan fingerprint density at radius 1 is 0.893 bits per heavy atom. The topological polar surface area (TPSA) is 55.4 Å². The Morgan fingerprint density at radius 2 is 1.57 bits per heavy atom. The maximum absolute atomic E-state index is 12.9. The molecule has 3 aromatic rings. The number of hydrogen-bond donors (Lipinski definition) is 1. The highest BCUT2D eigenvalue weighted by Gasteiger charge is 2.17. The summed E-state index contributed by atoms with van der Waals surface area (Å²) in [5.41, 5.74) is 1.73. The van der Waals surface area contributed by atoms with Gasteiger partial charge in [-0.25, -0.2) is 0 Å². The molecule has 0 saturated heterocycles. The van der Waals surface area contributed by atoms with Gasteiger partial charge in [-0.3, -0.25) is 9.59 Å². The predicted molar refractivity (Wildman–Crippen MR) is 111 cm³/mol. The molecule has 0 unspecified atom stereocenters. The van der Waals surface area contributed by atoms with Crippen molar-refractivity contribution in [3.63, 3.8) is 0 Å². The molecule has 0 heterocycles. The standard InChI is InChI=1S/C23H20ClNO3/c1-15(2)28-19-11-8-17(9-12-19)23(27)25-21-13-10-18(24)14-20(21)22(26)16-6-4-3-5-7-16/h3-15H,1-2H3,(H,25,27). The minimum Gasteiger partial charge on any atom is -0.491 e. The van der Waals surface area contributed by atoms with Crippen molar-refractivity contribution in [2.75, 3.05) is 5.32 Å². The van der Waals surface area contributed by atoms with E-state index in [4.69, 9.17) is 16.3 Å². The number of halogens is 1. The second-order valence-electron chi connectivity index (χ2n) is 6.53. The van der Waals surface area contributed by atoms with Crippen molar-refractivity contribution in [2.45, 2.75) is 20.0 Å². The van der Waals surface area contributed by atoms with E-state index in [0.717, 1.165) is 0 Å². The first kappa shape index (κ1) is 19.6. The van der Waals surface area contributed by atoms with E-state index in [1.54, 1.807) is 66.7 Å². The molecule has 0 aliphatic rings. The molecule has 0 aliphatic carbocycles. The van der Waals surface area contributed by atoms with Gasteiger partial charge >= 0.3 is 0 Å². The van der Waals surface area contributed by atoms with Gasteiger partial charge in [0.15, 0.2) is 5.78 Å². The van der Waals surface area contributed by atoms with Crippen LogP contribution in [0.5, 0.6) is 5.75 Å². The average Bonchev–Trinajstić information content (AvgIpc) is 2.69. The van der Waals surface area contributed by atoms with Crippen LogP contribution < -0.4 is 10.1 Å². The van der Waals surface area contributed by atoms with E-state index in [-0.39, 0.29) is 17.8 Å².